The molecule has 1 aromatic heterocycles. The zero-order chi connectivity index (χ0) is 12.4. The maximum absolute atomic E-state index is 11.8. The summed E-state index contributed by atoms with van der Waals surface area (Å²) in [4.78, 5) is 12.8. The summed E-state index contributed by atoms with van der Waals surface area (Å²) < 4.78 is 1.82. The summed E-state index contributed by atoms with van der Waals surface area (Å²) in [5.74, 6) is 0.920. The summed E-state index contributed by atoms with van der Waals surface area (Å²) in [5.41, 5.74) is 1.23. The van der Waals surface area contributed by atoms with Crippen LogP contribution in [0.25, 0.3) is 10.9 Å². The van der Waals surface area contributed by atoms with Crippen LogP contribution in [0.5, 0.6) is 0 Å². The number of nitrogens with zero attached hydrogens (tertiary/aromatic N) is 2. The number of hydrogen-bond donors (Lipinski definition) is 0. The Kier molecular flexibility index (Phi) is 3.21. The lowest BCUT2D eigenvalue weighted by atomic mass is 10.1. The first-order chi connectivity index (χ1) is 8.17. The zero-order valence-corrected chi connectivity index (χ0v) is 10.5. The number of hydrogen-bond acceptors (Lipinski definition) is 3. The average molecular weight is 244 g/mol. The molecule has 0 aliphatic carbocycles. The van der Waals surface area contributed by atoms with Gasteiger partial charge in [0, 0.05) is 29.6 Å². The normalized spacial score (nSPS) is 10.4. The van der Waals surface area contributed by atoms with Crippen LogP contribution < -0.4 is 5.43 Å². The molecule has 2 rings (SSSR count). The van der Waals surface area contributed by atoms with Crippen LogP contribution in [0.3, 0.4) is 0 Å². The Hall–Kier alpha value is -1.73. The fraction of sp³-hybridized carbons (Fsp3) is 0.231. The van der Waals surface area contributed by atoms with E-state index in [1.807, 2.05) is 30.7 Å². The summed E-state index contributed by atoms with van der Waals surface area (Å²) >= 11 is 1.63. The van der Waals surface area contributed by atoms with Crippen molar-refractivity contribution >= 4 is 22.7 Å². The second kappa shape index (κ2) is 4.64. The van der Waals surface area contributed by atoms with Crippen LogP contribution in [0.1, 0.15) is 12.5 Å². The van der Waals surface area contributed by atoms with Crippen molar-refractivity contribution in [1.29, 1.82) is 5.26 Å². The van der Waals surface area contributed by atoms with Crippen molar-refractivity contribution in [2.24, 2.45) is 7.05 Å². The van der Waals surface area contributed by atoms with Gasteiger partial charge in [-0.2, -0.15) is 5.26 Å². The third-order valence-electron chi connectivity index (χ3n) is 2.58. The summed E-state index contributed by atoms with van der Waals surface area (Å²) in [5, 5.41) is 9.78. The molecular weight excluding hydrogens is 232 g/mol. The molecule has 0 saturated carbocycles. The standard InChI is InChI=1S/C13H12N2OS/c1-3-17-10-6-9(8-14)13-11(7-10)12(16)4-5-15(13)2/h4-7H,3H2,1-2H3. The minimum absolute atomic E-state index is 0.0341. The first-order valence-electron chi connectivity index (χ1n) is 5.33. The predicted octanol–water partition coefficient (Wildman–Crippen LogP) is 2.52. The van der Waals surface area contributed by atoms with E-state index in [-0.39, 0.29) is 5.43 Å². The summed E-state index contributed by atoms with van der Waals surface area (Å²) in [6, 6.07) is 7.41. The van der Waals surface area contributed by atoms with Crippen molar-refractivity contribution in [3.05, 3.63) is 40.2 Å². The van der Waals surface area contributed by atoms with Gasteiger partial charge >= 0.3 is 0 Å². The lowest BCUT2D eigenvalue weighted by molar-refractivity contribution is 0.947. The maximum Gasteiger partial charge on any atom is 0.189 e. The molecular formula is C13H12N2OS. The minimum Gasteiger partial charge on any atom is -0.349 e. The second-order valence-corrected chi connectivity index (χ2v) is 5.04. The van der Waals surface area contributed by atoms with Gasteiger partial charge in [-0.3, -0.25) is 4.79 Å². The Morgan fingerprint density at radius 2 is 2.24 bits per heavy atom. The van der Waals surface area contributed by atoms with Crippen LogP contribution in [-0.2, 0) is 7.05 Å². The molecule has 4 heteroatoms. The zero-order valence-electron chi connectivity index (χ0n) is 9.73. The van der Waals surface area contributed by atoms with Crippen molar-refractivity contribution in [1.82, 2.24) is 4.57 Å². The van der Waals surface area contributed by atoms with E-state index < -0.39 is 0 Å². The molecule has 0 N–H and O–H groups in total. The number of aromatic nitrogens is 1. The van der Waals surface area contributed by atoms with Gasteiger partial charge in [0.25, 0.3) is 0 Å². The van der Waals surface area contributed by atoms with Gasteiger partial charge in [-0.25, -0.2) is 0 Å². The van der Waals surface area contributed by atoms with Crippen LogP contribution >= 0.6 is 11.8 Å². The first-order valence-corrected chi connectivity index (χ1v) is 6.32. The molecule has 0 fully saturated rings. The molecule has 2 aromatic rings. The van der Waals surface area contributed by atoms with E-state index in [9.17, 15) is 4.79 Å². The Balaban J connectivity index is 2.88. The van der Waals surface area contributed by atoms with Gasteiger partial charge in [0.1, 0.15) is 6.07 Å². The highest BCUT2D eigenvalue weighted by Gasteiger charge is 2.08. The lowest BCUT2D eigenvalue weighted by Gasteiger charge is -2.08. The van der Waals surface area contributed by atoms with Gasteiger partial charge in [-0.05, 0) is 17.9 Å². The van der Waals surface area contributed by atoms with Crippen molar-refractivity contribution in [2.75, 3.05) is 5.75 Å². The highest BCUT2D eigenvalue weighted by atomic mass is 32.2. The lowest BCUT2D eigenvalue weighted by Crippen LogP contribution is -2.06. The Labute approximate surface area is 104 Å². The largest absolute Gasteiger partial charge is 0.349 e. The number of benzene rings is 1. The predicted molar refractivity (Wildman–Crippen MR) is 70.3 cm³/mol. The van der Waals surface area contributed by atoms with Gasteiger partial charge in [-0.15, -0.1) is 11.8 Å². The SMILES string of the molecule is CCSc1cc(C#N)c2c(c1)c(=O)ccn2C. The Morgan fingerprint density at radius 1 is 1.47 bits per heavy atom. The van der Waals surface area contributed by atoms with Crippen LogP contribution in [0, 0.1) is 11.3 Å². The van der Waals surface area contributed by atoms with E-state index >= 15 is 0 Å². The van der Waals surface area contributed by atoms with Gasteiger partial charge in [0.05, 0.1) is 11.1 Å². The molecule has 0 amide bonds. The number of nitriles is 1. The van der Waals surface area contributed by atoms with Crippen LogP contribution in [0.4, 0.5) is 0 Å². The van der Waals surface area contributed by atoms with Gasteiger partial charge < -0.3 is 4.57 Å². The van der Waals surface area contributed by atoms with Crippen molar-refractivity contribution in [3.63, 3.8) is 0 Å². The first kappa shape index (κ1) is 11.7. The monoisotopic (exact) mass is 244 g/mol. The summed E-state index contributed by atoms with van der Waals surface area (Å²) in [7, 11) is 1.84. The molecule has 86 valence electrons. The van der Waals surface area contributed by atoms with Gasteiger partial charge in [0.15, 0.2) is 5.43 Å². The Bertz CT molecular complexity index is 667. The van der Waals surface area contributed by atoms with E-state index in [1.165, 1.54) is 6.07 Å². The van der Waals surface area contributed by atoms with Crippen LogP contribution in [-0.4, -0.2) is 10.3 Å². The smallest absolute Gasteiger partial charge is 0.189 e. The number of aryl methyl sites for hydroxylation is 1. The highest BCUT2D eigenvalue weighted by molar-refractivity contribution is 7.99. The summed E-state index contributed by atoms with van der Waals surface area (Å²) in [6.07, 6.45) is 1.69. The van der Waals surface area contributed by atoms with Crippen molar-refractivity contribution in [3.8, 4) is 6.07 Å². The molecule has 0 atom stereocenters. The average Bonchev–Trinajstić information content (AvgIpc) is 2.33. The number of pyridine rings is 1. The molecule has 0 saturated heterocycles. The third-order valence-corrected chi connectivity index (χ3v) is 3.44. The Morgan fingerprint density at radius 3 is 2.88 bits per heavy atom. The van der Waals surface area contributed by atoms with Crippen LogP contribution in [0.2, 0.25) is 0 Å². The highest BCUT2D eigenvalue weighted by Crippen LogP contribution is 2.24. The molecule has 1 heterocycles. The molecule has 1 aromatic carbocycles. The second-order valence-electron chi connectivity index (χ2n) is 3.70. The fourth-order valence-corrected chi connectivity index (χ4v) is 2.59. The molecule has 0 aliphatic heterocycles. The van der Waals surface area contributed by atoms with E-state index in [2.05, 4.69) is 6.07 Å². The minimum atomic E-state index is -0.0341. The van der Waals surface area contributed by atoms with Crippen molar-refractivity contribution < 1.29 is 0 Å². The fourth-order valence-electron chi connectivity index (χ4n) is 1.85. The van der Waals surface area contributed by atoms with E-state index in [0.717, 1.165) is 10.6 Å². The summed E-state index contributed by atoms with van der Waals surface area (Å²) in [6.45, 7) is 2.05. The molecule has 3 nitrogen and oxygen atoms in total. The quantitative estimate of drug-likeness (QED) is 0.762. The molecule has 0 radical (unpaired) electrons. The van der Waals surface area contributed by atoms with Gasteiger partial charge in [0.2, 0.25) is 0 Å². The topological polar surface area (TPSA) is 45.8 Å². The molecule has 0 spiro atoms. The van der Waals surface area contributed by atoms with E-state index in [1.54, 1.807) is 18.0 Å². The number of fused-ring (bicyclic) bond motifs is 1. The number of thioether (sulfide) groups is 1. The maximum atomic E-state index is 11.8. The van der Waals surface area contributed by atoms with E-state index in [4.69, 9.17) is 5.26 Å². The molecule has 0 bridgehead atoms. The van der Waals surface area contributed by atoms with Crippen molar-refractivity contribution in [2.45, 2.75) is 11.8 Å². The van der Waals surface area contributed by atoms with Crippen LogP contribution in [0.15, 0.2) is 34.1 Å². The number of rotatable bonds is 2. The molecule has 0 unspecified atom stereocenters. The third kappa shape index (κ3) is 2.06. The molecule has 17 heavy (non-hydrogen) atoms. The van der Waals surface area contributed by atoms with E-state index in [0.29, 0.717) is 16.5 Å². The van der Waals surface area contributed by atoms with Gasteiger partial charge in [-0.1, -0.05) is 6.92 Å². The molecule has 0 aliphatic rings.